The van der Waals surface area contributed by atoms with Crippen LogP contribution >= 0.6 is 0 Å². The van der Waals surface area contributed by atoms with Gasteiger partial charge < -0.3 is 10.2 Å². The van der Waals surface area contributed by atoms with Crippen LogP contribution in [0.25, 0.3) is 0 Å². The second-order valence-electron chi connectivity index (χ2n) is 3.73. The second kappa shape index (κ2) is 4.06. The molecule has 4 unspecified atom stereocenters. The number of rotatable bonds is 2. The van der Waals surface area contributed by atoms with E-state index in [4.69, 9.17) is 0 Å². The van der Waals surface area contributed by atoms with E-state index in [9.17, 15) is 10.2 Å². The molecular weight excluding hydrogens is 152 g/mol. The summed E-state index contributed by atoms with van der Waals surface area (Å²) in [5.41, 5.74) is 0. The molecule has 0 saturated heterocycles. The molecule has 0 bridgehead atoms. The first-order valence-electron chi connectivity index (χ1n) is 4.65. The Morgan fingerprint density at radius 3 is 2.33 bits per heavy atom. The molecule has 0 saturated carbocycles. The van der Waals surface area contributed by atoms with E-state index >= 15 is 0 Å². The average molecular weight is 170 g/mol. The third kappa shape index (κ3) is 2.08. The Balaban J connectivity index is 2.65. The van der Waals surface area contributed by atoms with Gasteiger partial charge in [-0.05, 0) is 32.6 Å². The highest BCUT2D eigenvalue weighted by Crippen LogP contribution is 2.29. The zero-order valence-corrected chi connectivity index (χ0v) is 7.77. The van der Waals surface area contributed by atoms with E-state index in [1.165, 1.54) is 0 Å². The van der Waals surface area contributed by atoms with Crippen molar-refractivity contribution in [1.29, 1.82) is 0 Å². The fraction of sp³-hybridized carbons (Fsp3) is 0.800. The van der Waals surface area contributed by atoms with Gasteiger partial charge in [-0.3, -0.25) is 0 Å². The van der Waals surface area contributed by atoms with Gasteiger partial charge in [0.15, 0.2) is 0 Å². The highest BCUT2D eigenvalue weighted by Gasteiger charge is 2.28. The highest BCUT2D eigenvalue weighted by atomic mass is 16.3. The molecule has 0 aliphatic heterocycles. The molecule has 2 N–H and O–H groups in total. The molecule has 0 aromatic carbocycles. The number of hydrogen-bond acceptors (Lipinski definition) is 2. The largest absolute Gasteiger partial charge is 0.393 e. The molecule has 1 rings (SSSR count). The van der Waals surface area contributed by atoms with Crippen molar-refractivity contribution < 1.29 is 10.2 Å². The quantitative estimate of drug-likeness (QED) is 0.614. The maximum absolute atomic E-state index is 9.45. The standard InChI is InChI=1S/C10H18O2/c1-7(11)9-5-3-4-6-10(9)8(2)12/h3,5,7-12H,4,6H2,1-2H3. The number of allylic oxidation sites excluding steroid dienone is 1. The van der Waals surface area contributed by atoms with Crippen LogP contribution in [-0.4, -0.2) is 22.4 Å². The molecular formula is C10H18O2. The fourth-order valence-electron chi connectivity index (χ4n) is 1.96. The van der Waals surface area contributed by atoms with Crippen LogP contribution in [0.4, 0.5) is 0 Å². The SMILES string of the molecule is CC(O)C1C=CCCC1C(C)O. The molecule has 12 heavy (non-hydrogen) atoms. The van der Waals surface area contributed by atoms with Gasteiger partial charge in [-0.2, -0.15) is 0 Å². The van der Waals surface area contributed by atoms with Gasteiger partial charge in [0.25, 0.3) is 0 Å². The van der Waals surface area contributed by atoms with Crippen LogP contribution < -0.4 is 0 Å². The second-order valence-corrected chi connectivity index (χ2v) is 3.73. The molecule has 0 amide bonds. The van der Waals surface area contributed by atoms with Gasteiger partial charge in [0.1, 0.15) is 0 Å². The van der Waals surface area contributed by atoms with E-state index < -0.39 is 0 Å². The van der Waals surface area contributed by atoms with Gasteiger partial charge in [-0.1, -0.05) is 12.2 Å². The van der Waals surface area contributed by atoms with Crippen molar-refractivity contribution in [1.82, 2.24) is 0 Å². The summed E-state index contributed by atoms with van der Waals surface area (Å²) in [6.45, 7) is 3.59. The van der Waals surface area contributed by atoms with Crippen LogP contribution in [0.15, 0.2) is 12.2 Å². The highest BCUT2D eigenvalue weighted by molar-refractivity contribution is 5.00. The maximum Gasteiger partial charge on any atom is 0.0578 e. The molecule has 2 heteroatoms. The van der Waals surface area contributed by atoms with E-state index in [1.807, 2.05) is 6.08 Å². The van der Waals surface area contributed by atoms with E-state index in [2.05, 4.69) is 6.08 Å². The number of aliphatic hydroxyl groups is 2. The van der Waals surface area contributed by atoms with Gasteiger partial charge in [-0.25, -0.2) is 0 Å². The molecule has 0 radical (unpaired) electrons. The van der Waals surface area contributed by atoms with Gasteiger partial charge in [0.05, 0.1) is 12.2 Å². The Hall–Kier alpha value is -0.340. The summed E-state index contributed by atoms with van der Waals surface area (Å²) in [6.07, 6.45) is 5.49. The lowest BCUT2D eigenvalue weighted by molar-refractivity contribution is 0.0363. The maximum atomic E-state index is 9.45. The summed E-state index contributed by atoms with van der Waals surface area (Å²) in [6, 6.07) is 0. The molecule has 0 spiro atoms. The Morgan fingerprint density at radius 2 is 1.92 bits per heavy atom. The van der Waals surface area contributed by atoms with Gasteiger partial charge in [0.2, 0.25) is 0 Å². The van der Waals surface area contributed by atoms with Crippen molar-refractivity contribution in [3.05, 3.63) is 12.2 Å². The topological polar surface area (TPSA) is 40.5 Å². The van der Waals surface area contributed by atoms with Crippen LogP contribution in [0.5, 0.6) is 0 Å². The summed E-state index contributed by atoms with van der Waals surface area (Å²) in [4.78, 5) is 0. The predicted molar refractivity (Wildman–Crippen MR) is 48.7 cm³/mol. The summed E-state index contributed by atoms with van der Waals surface area (Å²) in [5.74, 6) is 0.369. The van der Waals surface area contributed by atoms with Crippen LogP contribution in [0.3, 0.4) is 0 Å². The van der Waals surface area contributed by atoms with Crippen LogP contribution in [-0.2, 0) is 0 Å². The predicted octanol–water partition coefficient (Wildman–Crippen LogP) is 1.33. The summed E-state index contributed by atoms with van der Waals surface area (Å²) >= 11 is 0. The zero-order valence-electron chi connectivity index (χ0n) is 7.77. The summed E-state index contributed by atoms with van der Waals surface area (Å²) in [7, 11) is 0. The average Bonchev–Trinajstić information content (AvgIpc) is 2.04. The van der Waals surface area contributed by atoms with Crippen molar-refractivity contribution in [3.63, 3.8) is 0 Å². The zero-order chi connectivity index (χ0) is 9.14. The fourth-order valence-corrected chi connectivity index (χ4v) is 1.96. The molecule has 2 nitrogen and oxygen atoms in total. The van der Waals surface area contributed by atoms with Gasteiger partial charge in [-0.15, -0.1) is 0 Å². The molecule has 0 aromatic rings. The van der Waals surface area contributed by atoms with Crippen molar-refractivity contribution in [2.45, 2.75) is 38.9 Å². The first-order chi connectivity index (χ1) is 5.63. The number of hydrogen-bond donors (Lipinski definition) is 2. The van der Waals surface area contributed by atoms with Crippen LogP contribution in [0.1, 0.15) is 26.7 Å². The first kappa shape index (κ1) is 9.75. The Bertz CT molecular complexity index is 161. The Morgan fingerprint density at radius 1 is 1.25 bits per heavy atom. The monoisotopic (exact) mass is 170 g/mol. The molecule has 1 aliphatic rings. The van der Waals surface area contributed by atoms with Crippen molar-refractivity contribution in [2.75, 3.05) is 0 Å². The molecule has 0 aromatic heterocycles. The third-order valence-electron chi connectivity index (χ3n) is 2.70. The molecule has 0 fully saturated rings. The smallest absolute Gasteiger partial charge is 0.0578 e. The molecule has 1 aliphatic carbocycles. The minimum absolute atomic E-state index is 0.138. The minimum atomic E-state index is -0.346. The lowest BCUT2D eigenvalue weighted by Crippen LogP contribution is -2.32. The Labute approximate surface area is 73.9 Å². The van der Waals surface area contributed by atoms with E-state index in [-0.39, 0.29) is 24.0 Å². The number of aliphatic hydroxyl groups excluding tert-OH is 2. The third-order valence-corrected chi connectivity index (χ3v) is 2.70. The summed E-state index contributed by atoms with van der Waals surface area (Å²) in [5, 5.41) is 18.9. The summed E-state index contributed by atoms with van der Waals surface area (Å²) < 4.78 is 0. The molecule has 4 atom stereocenters. The van der Waals surface area contributed by atoms with Gasteiger partial charge >= 0.3 is 0 Å². The lowest BCUT2D eigenvalue weighted by atomic mass is 9.78. The van der Waals surface area contributed by atoms with Crippen molar-refractivity contribution in [3.8, 4) is 0 Å². The van der Waals surface area contributed by atoms with E-state index in [1.54, 1.807) is 13.8 Å². The molecule has 70 valence electrons. The molecule has 0 heterocycles. The van der Waals surface area contributed by atoms with Crippen molar-refractivity contribution >= 4 is 0 Å². The lowest BCUT2D eigenvalue weighted by Gasteiger charge is -2.31. The van der Waals surface area contributed by atoms with Crippen LogP contribution in [0.2, 0.25) is 0 Å². The Kier molecular flexibility index (Phi) is 3.29. The van der Waals surface area contributed by atoms with Crippen LogP contribution in [0, 0.1) is 11.8 Å². The first-order valence-corrected chi connectivity index (χ1v) is 4.65. The minimum Gasteiger partial charge on any atom is -0.393 e. The van der Waals surface area contributed by atoms with Crippen molar-refractivity contribution in [2.24, 2.45) is 11.8 Å². The van der Waals surface area contributed by atoms with E-state index in [0.717, 1.165) is 12.8 Å². The normalized spacial score (nSPS) is 34.7. The van der Waals surface area contributed by atoms with Gasteiger partial charge in [0, 0.05) is 5.92 Å². The van der Waals surface area contributed by atoms with E-state index in [0.29, 0.717) is 0 Å².